The molecule has 2 amide bonds. The number of nitrogens with one attached hydrogen (secondary N) is 2. The minimum Gasteiger partial charge on any atom is -0.349 e. The molecule has 120 valence electrons. The number of hydrogen-bond acceptors (Lipinski definition) is 2. The number of halogens is 2. The number of benzene rings is 2. The highest BCUT2D eigenvalue weighted by Crippen LogP contribution is 2.18. The van der Waals surface area contributed by atoms with Crippen molar-refractivity contribution in [3.05, 3.63) is 65.7 Å². The van der Waals surface area contributed by atoms with Crippen LogP contribution in [0.3, 0.4) is 0 Å². The van der Waals surface area contributed by atoms with Gasteiger partial charge in [-0.3, -0.25) is 9.59 Å². The van der Waals surface area contributed by atoms with Crippen LogP contribution in [-0.4, -0.2) is 11.8 Å². The van der Waals surface area contributed by atoms with Gasteiger partial charge in [-0.05, 0) is 24.6 Å². The minimum absolute atomic E-state index is 0.276. The smallest absolute Gasteiger partial charge is 0.233 e. The Balaban J connectivity index is 1.91. The number of amides is 2. The van der Waals surface area contributed by atoms with Gasteiger partial charge >= 0.3 is 0 Å². The van der Waals surface area contributed by atoms with E-state index in [-0.39, 0.29) is 6.04 Å². The van der Waals surface area contributed by atoms with Crippen LogP contribution in [0.25, 0.3) is 0 Å². The Morgan fingerprint density at radius 1 is 0.957 bits per heavy atom. The second-order valence-corrected chi connectivity index (χ2v) is 5.02. The van der Waals surface area contributed by atoms with E-state index in [1.54, 1.807) is 6.92 Å². The van der Waals surface area contributed by atoms with E-state index < -0.39 is 35.6 Å². The van der Waals surface area contributed by atoms with Crippen LogP contribution in [0.1, 0.15) is 24.9 Å². The highest BCUT2D eigenvalue weighted by molar-refractivity contribution is 6.03. The van der Waals surface area contributed by atoms with E-state index in [0.717, 1.165) is 17.7 Å². The van der Waals surface area contributed by atoms with Gasteiger partial charge in [-0.2, -0.15) is 0 Å². The van der Waals surface area contributed by atoms with E-state index in [4.69, 9.17) is 0 Å². The van der Waals surface area contributed by atoms with Gasteiger partial charge in [0.2, 0.25) is 11.8 Å². The van der Waals surface area contributed by atoms with Gasteiger partial charge in [0.15, 0.2) is 0 Å². The number of anilines is 1. The van der Waals surface area contributed by atoms with Gasteiger partial charge in [0.1, 0.15) is 23.7 Å². The van der Waals surface area contributed by atoms with Crippen LogP contribution < -0.4 is 10.6 Å². The predicted octanol–water partition coefficient (Wildman–Crippen LogP) is 3.17. The van der Waals surface area contributed by atoms with Crippen molar-refractivity contribution in [2.75, 3.05) is 5.32 Å². The summed E-state index contributed by atoms with van der Waals surface area (Å²) in [6.07, 6.45) is -0.523. The third-order valence-corrected chi connectivity index (χ3v) is 3.23. The third-order valence-electron chi connectivity index (χ3n) is 3.23. The molecule has 1 atom stereocenters. The number of carbonyl (C=O) groups excluding carboxylic acids is 2. The molecule has 0 aliphatic carbocycles. The lowest BCUT2D eigenvalue weighted by atomic mass is 10.1. The molecule has 23 heavy (non-hydrogen) atoms. The Hall–Kier alpha value is -2.76. The lowest BCUT2D eigenvalue weighted by Crippen LogP contribution is -2.30. The van der Waals surface area contributed by atoms with Gasteiger partial charge in [-0.1, -0.05) is 36.4 Å². The van der Waals surface area contributed by atoms with Crippen molar-refractivity contribution in [1.29, 1.82) is 0 Å². The molecule has 0 fully saturated rings. The van der Waals surface area contributed by atoms with Crippen molar-refractivity contribution in [3.63, 3.8) is 0 Å². The summed E-state index contributed by atoms with van der Waals surface area (Å²) in [6, 6.07) is 12.2. The van der Waals surface area contributed by atoms with Crippen LogP contribution >= 0.6 is 0 Å². The molecule has 6 heteroatoms. The predicted molar refractivity (Wildman–Crippen MR) is 82.6 cm³/mol. The summed E-state index contributed by atoms with van der Waals surface area (Å²) in [4.78, 5) is 23.6. The molecule has 2 N–H and O–H groups in total. The second kappa shape index (κ2) is 7.49. The molecule has 2 aromatic rings. The van der Waals surface area contributed by atoms with Crippen LogP contribution in [0.5, 0.6) is 0 Å². The zero-order valence-corrected chi connectivity index (χ0v) is 12.5. The molecule has 2 rings (SSSR count). The summed E-state index contributed by atoms with van der Waals surface area (Å²) in [5, 5.41) is 4.73. The zero-order chi connectivity index (χ0) is 16.8. The highest BCUT2D eigenvalue weighted by Gasteiger charge is 2.16. The number of hydrogen-bond donors (Lipinski definition) is 2. The molecule has 0 bridgehead atoms. The fraction of sp³-hybridized carbons (Fsp3) is 0.176. The van der Waals surface area contributed by atoms with Crippen LogP contribution in [-0.2, 0) is 9.59 Å². The monoisotopic (exact) mass is 318 g/mol. The molecule has 0 aliphatic rings. The summed E-state index contributed by atoms with van der Waals surface area (Å²) >= 11 is 0. The maximum atomic E-state index is 13.4. The fourth-order valence-electron chi connectivity index (χ4n) is 2.06. The van der Waals surface area contributed by atoms with Gasteiger partial charge < -0.3 is 10.6 Å². The molecule has 0 aromatic heterocycles. The van der Waals surface area contributed by atoms with E-state index >= 15 is 0 Å². The topological polar surface area (TPSA) is 58.2 Å². The van der Waals surface area contributed by atoms with Crippen molar-refractivity contribution < 1.29 is 18.4 Å². The van der Waals surface area contributed by atoms with Gasteiger partial charge in [0.25, 0.3) is 0 Å². The molecule has 0 saturated heterocycles. The maximum Gasteiger partial charge on any atom is 0.233 e. The number of para-hydroxylation sites is 1. The molecular weight excluding hydrogens is 302 g/mol. The standard InChI is InChI=1S/C17H16F2N2O2/c1-11(12-6-3-2-4-7-12)20-15(22)10-16(23)21-17-13(18)8-5-9-14(17)19/h2-9,11H,10H2,1H3,(H,20,22)(H,21,23). The number of rotatable bonds is 5. The highest BCUT2D eigenvalue weighted by atomic mass is 19.1. The molecule has 4 nitrogen and oxygen atoms in total. The van der Waals surface area contributed by atoms with Crippen LogP contribution in [0, 0.1) is 11.6 Å². The van der Waals surface area contributed by atoms with Crippen LogP contribution in [0.15, 0.2) is 48.5 Å². The summed E-state index contributed by atoms with van der Waals surface area (Å²) in [5.41, 5.74) is 0.336. The van der Waals surface area contributed by atoms with Crippen LogP contribution in [0.2, 0.25) is 0 Å². The first-order valence-electron chi connectivity index (χ1n) is 7.05. The third kappa shape index (κ3) is 4.60. The van der Waals surface area contributed by atoms with Crippen molar-refractivity contribution in [1.82, 2.24) is 5.32 Å². The average Bonchev–Trinajstić information content (AvgIpc) is 2.51. The first-order chi connectivity index (χ1) is 11.0. The van der Waals surface area contributed by atoms with Crippen molar-refractivity contribution in [3.8, 4) is 0 Å². The number of carbonyl (C=O) groups is 2. The lowest BCUT2D eigenvalue weighted by Gasteiger charge is -2.14. The summed E-state index contributed by atoms with van der Waals surface area (Å²) in [6.45, 7) is 1.78. The quantitative estimate of drug-likeness (QED) is 0.832. The Bertz CT molecular complexity index is 685. The molecule has 1 unspecified atom stereocenters. The molecule has 2 aromatic carbocycles. The Morgan fingerprint density at radius 3 is 2.17 bits per heavy atom. The Labute approximate surface area is 132 Å². The first-order valence-corrected chi connectivity index (χ1v) is 7.05. The largest absolute Gasteiger partial charge is 0.349 e. The van der Waals surface area contributed by atoms with Gasteiger partial charge in [0, 0.05) is 0 Å². The average molecular weight is 318 g/mol. The molecule has 0 spiro atoms. The van der Waals surface area contributed by atoms with E-state index in [1.807, 2.05) is 30.3 Å². The van der Waals surface area contributed by atoms with E-state index in [0.29, 0.717) is 0 Å². The van der Waals surface area contributed by atoms with Gasteiger partial charge in [-0.25, -0.2) is 8.78 Å². The normalized spacial score (nSPS) is 11.6. The van der Waals surface area contributed by atoms with Crippen molar-refractivity contribution >= 4 is 17.5 Å². The first kappa shape index (κ1) is 16.6. The van der Waals surface area contributed by atoms with Gasteiger partial charge in [-0.15, -0.1) is 0 Å². The zero-order valence-electron chi connectivity index (χ0n) is 12.5. The van der Waals surface area contributed by atoms with Crippen molar-refractivity contribution in [2.45, 2.75) is 19.4 Å². The molecule has 0 aliphatic heterocycles. The Kier molecular flexibility index (Phi) is 5.41. The summed E-state index contributed by atoms with van der Waals surface area (Å²) in [5.74, 6) is -3.10. The maximum absolute atomic E-state index is 13.4. The van der Waals surface area contributed by atoms with Gasteiger partial charge in [0.05, 0.1) is 6.04 Å². The minimum atomic E-state index is -0.892. The molecule has 0 saturated carbocycles. The second-order valence-electron chi connectivity index (χ2n) is 5.02. The Morgan fingerprint density at radius 2 is 1.57 bits per heavy atom. The summed E-state index contributed by atoms with van der Waals surface area (Å²) in [7, 11) is 0. The SMILES string of the molecule is CC(NC(=O)CC(=O)Nc1c(F)cccc1F)c1ccccc1. The van der Waals surface area contributed by atoms with E-state index in [9.17, 15) is 18.4 Å². The van der Waals surface area contributed by atoms with E-state index in [2.05, 4.69) is 10.6 Å². The molecule has 0 heterocycles. The molecular formula is C17H16F2N2O2. The fourth-order valence-corrected chi connectivity index (χ4v) is 2.06. The van der Waals surface area contributed by atoms with Crippen LogP contribution in [0.4, 0.5) is 14.5 Å². The van der Waals surface area contributed by atoms with E-state index in [1.165, 1.54) is 6.07 Å². The molecule has 0 radical (unpaired) electrons. The van der Waals surface area contributed by atoms with Crippen molar-refractivity contribution in [2.24, 2.45) is 0 Å². The lowest BCUT2D eigenvalue weighted by molar-refractivity contribution is -0.127. The summed E-state index contributed by atoms with van der Waals surface area (Å²) < 4.78 is 26.8.